The molecular formula is C16H23NO3S. The van der Waals surface area contributed by atoms with Crippen molar-refractivity contribution in [2.45, 2.75) is 36.8 Å². The van der Waals surface area contributed by atoms with Gasteiger partial charge in [0.15, 0.2) is 11.5 Å². The van der Waals surface area contributed by atoms with Crippen LogP contribution in [0.15, 0.2) is 17.0 Å². The molecular weight excluding hydrogens is 286 g/mol. The lowest BCUT2D eigenvalue weighted by atomic mass is 10.1. The summed E-state index contributed by atoms with van der Waals surface area (Å²) in [4.78, 5) is 1.23. The second kappa shape index (κ2) is 6.90. The van der Waals surface area contributed by atoms with E-state index < -0.39 is 0 Å². The zero-order chi connectivity index (χ0) is 14.7. The monoisotopic (exact) mass is 309 g/mol. The van der Waals surface area contributed by atoms with Crippen LogP contribution in [0.4, 0.5) is 0 Å². The number of fused-ring (bicyclic) bond motifs is 1. The molecule has 5 heteroatoms. The molecule has 1 heterocycles. The van der Waals surface area contributed by atoms with E-state index >= 15 is 0 Å². The Labute approximate surface area is 130 Å². The van der Waals surface area contributed by atoms with Crippen LogP contribution in [0.3, 0.4) is 0 Å². The molecule has 2 atom stereocenters. The van der Waals surface area contributed by atoms with Crippen LogP contribution in [0.25, 0.3) is 0 Å². The van der Waals surface area contributed by atoms with Crippen molar-refractivity contribution in [3.63, 3.8) is 0 Å². The van der Waals surface area contributed by atoms with Crippen molar-refractivity contribution < 1.29 is 14.6 Å². The largest absolute Gasteiger partial charge is 0.486 e. The van der Waals surface area contributed by atoms with E-state index in [4.69, 9.17) is 9.47 Å². The van der Waals surface area contributed by atoms with Gasteiger partial charge in [-0.15, -0.1) is 11.8 Å². The average molecular weight is 309 g/mol. The zero-order valence-corrected chi connectivity index (χ0v) is 13.2. The van der Waals surface area contributed by atoms with E-state index in [-0.39, 0.29) is 6.10 Å². The van der Waals surface area contributed by atoms with Crippen molar-refractivity contribution >= 4 is 11.8 Å². The predicted molar refractivity (Wildman–Crippen MR) is 84.3 cm³/mol. The molecule has 0 aromatic heterocycles. The van der Waals surface area contributed by atoms with Crippen LogP contribution in [0, 0.1) is 5.92 Å². The lowest BCUT2D eigenvalue weighted by Gasteiger charge is -2.21. The smallest absolute Gasteiger partial charge is 0.162 e. The summed E-state index contributed by atoms with van der Waals surface area (Å²) in [7, 11) is 0. The number of ether oxygens (including phenoxy) is 2. The molecule has 0 spiro atoms. The molecule has 2 aliphatic rings. The maximum absolute atomic E-state index is 9.57. The van der Waals surface area contributed by atoms with Crippen LogP contribution >= 0.6 is 11.8 Å². The Morgan fingerprint density at radius 1 is 1.24 bits per heavy atom. The number of hydrogen-bond donors (Lipinski definition) is 2. The topological polar surface area (TPSA) is 50.7 Å². The minimum absolute atomic E-state index is 0.0900. The van der Waals surface area contributed by atoms with E-state index in [1.807, 2.05) is 0 Å². The molecule has 116 valence electrons. The first kappa shape index (κ1) is 15.0. The van der Waals surface area contributed by atoms with Gasteiger partial charge in [-0.3, -0.25) is 0 Å². The molecule has 4 nitrogen and oxygen atoms in total. The number of aliphatic hydroxyl groups is 1. The Hall–Kier alpha value is -0.910. The van der Waals surface area contributed by atoms with Crippen molar-refractivity contribution in [3.8, 4) is 11.5 Å². The molecule has 1 aliphatic carbocycles. The molecule has 1 aliphatic heterocycles. The molecule has 2 N–H and O–H groups in total. The minimum Gasteiger partial charge on any atom is -0.486 e. The maximum Gasteiger partial charge on any atom is 0.162 e. The second-order valence-electron chi connectivity index (χ2n) is 5.77. The van der Waals surface area contributed by atoms with Crippen LogP contribution in [-0.2, 0) is 6.54 Å². The molecule has 3 rings (SSSR count). The van der Waals surface area contributed by atoms with E-state index in [0.29, 0.717) is 19.1 Å². The standard InChI is InChI=1S/C16H23NO3S/c1-21-16-8-15-14(19-4-5-20-15)7-12(16)10-17-9-11-2-3-13(18)6-11/h7-8,11,13,17-18H,2-6,9-10H2,1H3. The number of thioether (sulfide) groups is 1. The van der Waals surface area contributed by atoms with Gasteiger partial charge in [0.05, 0.1) is 6.10 Å². The van der Waals surface area contributed by atoms with Crippen molar-refractivity contribution in [1.29, 1.82) is 0 Å². The molecule has 1 aromatic rings. The van der Waals surface area contributed by atoms with Gasteiger partial charge in [-0.2, -0.15) is 0 Å². The Kier molecular flexibility index (Phi) is 4.93. The van der Waals surface area contributed by atoms with Gasteiger partial charge >= 0.3 is 0 Å². The summed E-state index contributed by atoms with van der Waals surface area (Å²) in [6.07, 6.45) is 5.01. The van der Waals surface area contributed by atoms with Gasteiger partial charge in [-0.1, -0.05) is 0 Å². The number of nitrogens with one attached hydrogen (secondary N) is 1. The molecule has 0 bridgehead atoms. The summed E-state index contributed by atoms with van der Waals surface area (Å²) in [6.45, 7) is 3.06. The number of aliphatic hydroxyl groups excluding tert-OH is 1. The van der Waals surface area contributed by atoms with Gasteiger partial charge < -0.3 is 19.9 Å². The van der Waals surface area contributed by atoms with Crippen LogP contribution < -0.4 is 14.8 Å². The summed E-state index contributed by atoms with van der Waals surface area (Å²) in [5, 5.41) is 13.1. The lowest BCUT2D eigenvalue weighted by Crippen LogP contribution is -2.22. The normalized spacial score (nSPS) is 24.3. The fraction of sp³-hybridized carbons (Fsp3) is 0.625. The highest BCUT2D eigenvalue weighted by Gasteiger charge is 2.22. The first-order chi connectivity index (χ1) is 10.3. The fourth-order valence-corrected chi connectivity index (χ4v) is 3.70. The summed E-state index contributed by atoms with van der Waals surface area (Å²) in [6, 6.07) is 4.17. The van der Waals surface area contributed by atoms with Gasteiger partial charge in [-0.05, 0) is 55.7 Å². The van der Waals surface area contributed by atoms with Crippen LogP contribution in [-0.4, -0.2) is 37.2 Å². The molecule has 2 unspecified atom stereocenters. The van der Waals surface area contributed by atoms with E-state index in [1.165, 1.54) is 10.5 Å². The summed E-state index contributed by atoms with van der Waals surface area (Å²) < 4.78 is 11.3. The Bertz CT molecular complexity index is 495. The first-order valence-electron chi connectivity index (χ1n) is 7.61. The zero-order valence-electron chi connectivity index (χ0n) is 12.4. The summed E-state index contributed by atoms with van der Waals surface area (Å²) >= 11 is 1.74. The van der Waals surface area contributed by atoms with Crippen molar-refractivity contribution in [3.05, 3.63) is 17.7 Å². The molecule has 1 aromatic carbocycles. The molecule has 21 heavy (non-hydrogen) atoms. The van der Waals surface area contributed by atoms with Gasteiger partial charge in [0, 0.05) is 11.4 Å². The summed E-state index contributed by atoms with van der Waals surface area (Å²) in [5.41, 5.74) is 1.25. The summed E-state index contributed by atoms with van der Waals surface area (Å²) in [5.74, 6) is 2.32. The van der Waals surface area contributed by atoms with Gasteiger partial charge in [0.2, 0.25) is 0 Å². The molecule has 1 saturated carbocycles. The number of benzene rings is 1. The third kappa shape index (κ3) is 3.65. The molecule has 0 amide bonds. The predicted octanol–water partition coefficient (Wildman–Crippen LogP) is 2.43. The van der Waals surface area contributed by atoms with E-state index in [0.717, 1.165) is 43.9 Å². The van der Waals surface area contributed by atoms with E-state index in [2.05, 4.69) is 23.7 Å². The van der Waals surface area contributed by atoms with E-state index in [1.54, 1.807) is 11.8 Å². The minimum atomic E-state index is -0.0900. The van der Waals surface area contributed by atoms with Crippen molar-refractivity contribution in [2.75, 3.05) is 26.0 Å². The lowest BCUT2D eigenvalue weighted by molar-refractivity contribution is 0.170. The second-order valence-corrected chi connectivity index (χ2v) is 6.62. The van der Waals surface area contributed by atoms with Gasteiger partial charge in [-0.25, -0.2) is 0 Å². The quantitative estimate of drug-likeness (QED) is 0.818. The molecule has 1 fully saturated rings. The third-order valence-electron chi connectivity index (χ3n) is 4.21. The Morgan fingerprint density at radius 3 is 2.67 bits per heavy atom. The Morgan fingerprint density at radius 2 is 2.00 bits per heavy atom. The van der Waals surface area contributed by atoms with Crippen molar-refractivity contribution in [1.82, 2.24) is 5.32 Å². The van der Waals surface area contributed by atoms with Crippen LogP contribution in [0.2, 0.25) is 0 Å². The maximum atomic E-state index is 9.57. The van der Waals surface area contributed by atoms with Gasteiger partial charge in [0.25, 0.3) is 0 Å². The Balaban J connectivity index is 1.61. The van der Waals surface area contributed by atoms with Crippen molar-refractivity contribution in [2.24, 2.45) is 5.92 Å². The number of hydrogen-bond acceptors (Lipinski definition) is 5. The number of rotatable bonds is 5. The van der Waals surface area contributed by atoms with E-state index in [9.17, 15) is 5.11 Å². The molecule has 0 saturated heterocycles. The third-order valence-corrected chi connectivity index (χ3v) is 5.03. The first-order valence-corrected chi connectivity index (χ1v) is 8.84. The van der Waals surface area contributed by atoms with Crippen LogP contribution in [0.1, 0.15) is 24.8 Å². The van der Waals surface area contributed by atoms with Crippen LogP contribution in [0.5, 0.6) is 11.5 Å². The highest BCUT2D eigenvalue weighted by atomic mass is 32.2. The van der Waals surface area contributed by atoms with Gasteiger partial charge in [0.1, 0.15) is 13.2 Å². The SMILES string of the molecule is CSc1cc2c(cc1CNCC1CCC(O)C1)OCCO2. The highest BCUT2D eigenvalue weighted by molar-refractivity contribution is 7.98. The fourth-order valence-electron chi connectivity index (χ4n) is 3.09. The highest BCUT2D eigenvalue weighted by Crippen LogP contribution is 2.36. The molecule has 0 radical (unpaired) electrons. The average Bonchev–Trinajstić information content (AvgIpc) is 2.92.